The van der Waals surface area contributed by atoms with E-state index >= 15 is 0 Å². The van der Waals surface area contributed by atoms with Gasteiger partial charge < -0.3 is 10.1 Å². The van der Waals surface area contributed by atoms with Gasteiger partial charge in [0.05, 0.1) is 11.3 Å². The van der Waals surface area contributed by atoms with Crippen LogP contribution >= 0.6 is 0 Å². The van der Waals surface area contributed by atoms with Crippen molar-refractivity contribution in [2.75, 3.05) is 0 Å². The van der Waals surface area contributed by atoms with Crippen LogP contribution in [-0.4, -0.2) is 19.7 Å². The fourth-order valence-electron chi connectivity index (χ4n) is 1.96. The number of aromatic nitrogens is 3. The molecule has 0 aliphatic rings. The summed E-state index contributed by atoms with van der Waals surface area (Å²) < 4.78 is 1.41. The minimum Gasteiger partial charge on any atom is -0.493 e. The van der Waals surface area contributed by atoms with E-state index in [2.05, 4.69) is 17.0 Å². The quantitative estimate of drug-likeness (QED) is 0.846. The third-order valence-electron chi connectivity index (χ3n) is 2.75. The van der Waals surface area contributed by atoms with E-state index in [-0.39, 0.29) is 11.4 Å². The summed E-state index contributed by atoms with van der Waals surface area (Å²) in [5.74, 6) is -0.0343. The molecule has 2 rings (SSSR count). The van der Waals surface area contributed by atoms with Crippen molar-refractivity contribution >= 4 is 5.65 Å². The Bertz CT molecular complexity index is 583. The molecular formula is C12H17N3O2. The summed E-state index contributed by atoms with van der Waals surface area (Å²) in [5, 5.41) is 14.3. The minimum absolute atomic E-state index is 0.0343. The van der Waals surface area contributed by atoms with Crippen molar-refractivity contribution in [1.29, 1.82) is 0 Å². The maximum absolute atomic E-state index is 11.8. The van der Waals surface area contributed by atoms with Gasteiger partial charge in [-0.1, -0.05) is 26.7 Å². The summed E-state index contributed by atoms with van der Waals surface area (Å²) in [4.78, 5) is 14.5. The fourth-order valence-corrected chi connectivity index (χ4v) is 1.96. The second kappa shape index (κ2) is 4.61. The Kier molecular flexibility index (Phi) is 3.17. The summed E-state index contributed by atoms with van der Waals surface area (Å²) in [7, 11) is 0. The van der Waals surface area contributed by atoms with Crippen LogP contribution in [0.1, 0.15) is 37.9 Å². The van der Waals surface area contributed by atoms with Gasteiger partial charge in [-0.05, 0) is 12.8 Å². The first-order valence-corrected chi connectivity index (χ1v) is 6.00. The molecule has 0 aliphatic heterocycles. The van der Waals surface area contributed by atoms with E-state index in [1.165, 1.54) is 4.52 Å². The molecule has 0 radical (unpaired) electrons. The Morgan fingerprint density at radius 3 is 2.71 bits per heavy atom. The lowest BCUT2D eigenvalue weighted by Gasteiger charge is -2.03. The molecule has 0 aliphatic carbocycles. The number of H-pyrrole nitrogens is 1. The lowest BCUT2D eigenvalue weighted by atomic mass is 10.2. The van der Waals surface area contributed by atoms with E-state index in [9.17, 15) is 9.90 Å². The normalized spacial score (nSPS) is 11.2. The van der Waals surface area contributed by atoms with Crippen molar-refractivity contribution in [2.24, 2.45) is 0 Å². The molecule has 5 nitrogen and oxygen atoms in total. The van der Waals surface area contributed by atoms with Crippen LogP contribution in [0.2, 0.25) is 0 Å². The smallest absolute Gasteiger partial charge is 0.258 e. The van der Waals surface area contributed by atoms with Crippen molar-refractivity contribution in [2.45, 2.75) is 39.5 Å². The average molecular weight is 235 g/mol. The fraction of sp³-hybridized carbons (Fsp3) is 0.500. The molecule has 0 aromatic carbocycles. The molecular weight excluding hydrogens is 218 g/mol. The molecule has 0 saturated carbocycles. The Labute approximate surface area is 99.1 Å². The average Bonchev–Trinajstić information content (AvgIpc) is 2.67. The molecule has 2 heterocycles. The van der Waals surface area contributed by atoms with Gasteiger partial charge in [-0.2, -0.15) is 9.61 Å². The van der Waals surface area contributed by atoms with Gasteiger partial charge in [-0.25, -0.2) is 0 Å². The van der Waals surface area contributed by atoms with Crippen molar-refractivity contribution in [1.82, 2.24) is 14.6 Å². The van der Waals surface area contributed by atoms with Crippen molar-refractivity contribution < 1.29 is 5.11 Å². The molecule has 17 heavy (non-hydrogen) atoms. The second-order valence-electron chi connectivity index (χ2n) is 4.19. The van der Waals surface area contributed by atoms with Gasteiger partial charge in [-0.3, -0.25) is 4.79 Å². The molecule has 0 spiro atoms. The largest absolute Gasteiger partial charge is 0.493 e. The summed E-state index contributed by atoms with van der Waals surface area (Å²) in [6, 6.07) is 1.81. The van der Waals surface area contributed by atoms with Crippen molar-refractivity contribution in [3.63, 3.8) is 0 Å². The highest BCUT2D eigenvalue weighted by Gasteiger charge is 2.13. The summed E-state index contributed by atoms with van der Waals surface area (Å²) in [6.45, 7) is 4.03. The molecule has 0 unspecified atom stereocenters. The number of fused-ring (bicyclic) bond motifs is 1. The standard InChI is InChI=1S/C12H17N3O2/c1-3-5-8-7-10-13-11(16)9(6-4-2)12(17)15(10)14-8/h7,17H,3-6H2,1-2H3,(H,13,16). The van der Waals surface area contributed by atoms with Gasteiger partial charge in [0.1, 0.15) is 5.65 Å². The Balaban J connectivity index is 2.61. The maximum Gasteiger partial charge on any atom is 0.258 e. The molecule has 92 valence electrons. The number of hydrogen-bond donors (Lipinski definition) is 2. The molecule has 5 heteroatoms. The third kappa shape index (κ3) is 2.05. The Hall–Kier alpha value is -1.78. The van der Waals surface area contributed by atoms with Gasteiger partial charge >= 0.3 is 0 Å². The number of aromatic amines is 1. The van der Waals surface area contributed by atoms with Crippen LogP contribution in [0.15, 0.2) is 10.9 Å². The van der Waals surface area contributed by atoms with Gasteiger partial charge in [0.2, 0.25) is 5.88 Å². The van der Waals surface area contributed by atoms with Crippen LogP contribution in [0.5, 0.6) is 5.88 Å². The van der Waals surface area contributed by atoms with E-state index in [1.807, 2.05) is 6.92 Å². The highest BCUT2D eigenvalue weighted by atomic mass is 16.3. The van der Waals surface area contributed by atoms with E-state index in [0.717, 1.165) is 25.0 Å². The number of aryl methyl sites for hydroxylation is 1. The van der Waals surface area contributed by atoms with Gasteiger partial charge in [0.25, 0.3) is 5.56 Å². The van der Waals surface area contributed by atoms with Crippen LogP contribution in [0.25, 0.3) is 5.65 Å². The summed E-state index contributed by atoms with van der Waals surface area (Å²) >= 11 is 0. The minimum atomic E-state index is -0.222. The van der Waals surface area contributed by atoms with Gasteiger partial charge in [0, 0.05) is 6.07 Å². The first-order chi connectivity index (χ1) is 8.17. The molecule has 0 saturated heterocycles. The monoisotopic (exact) mass is 235 g/mol. The zero-order valence-corrected chi connectivity index (χ0v) is 10.2. The van der Waals surface area contributed by atoms with Gasteiger partial charge in [-0.15, -0.1) is 0 Å². The molecule has 2 aromatic rings. The van der Waals surface area contributed by atoms with Crippen molar-refractivity contribution in [3.8, 4) is 5.88 Å². The second-order valence-corrected chi connectivity index (χ2v) is 4.19. The van der Waals surface area contributed by atoms with Crippen molar-refractivity contribution in [3.05, 3.63) is 27.7 Å². The maximum atomic E-state index is 11.8. The highest BCUT2D eigenvalue weighted by Crippen LogP contribution is 2.16. The SMILES string of the molecule is CCCc1cc2[nH]c(=O)c(CCC)c(O)n2n1. The lowest BCUT2D eigenvalue weighted by Crippen LogP contribution is -2.15. The Morgan fingerprint density at radius 2 is 2.06 bits per heavy atom. The predicted molar refractivity (Wildman–Crippen MR) is 65.5 cm³/mol. The van der Waals surface area contributed by atoms with Crippen LogP contribution in [0.4, 0.5) is 0 Å². The molecule has 2 N–H and O–H groups in total. The van der Waals surface area contributed by atoms with E-state index < -0.39 is 0 Å². The molecule has 2 aromatic heterocycles. The number of aromatic hydroxyl groups is 1. The molecule has 0 fully saturated rings. The molecule has 0 bridgehead atoms. The van der Waals surface area contributed by atoms with E-state index in [1.54, 1.807) is 6.07 Å². The molecule has 0 amide bonds. The Morgan fingerprint density at radius 1 is 1.35 bits per heavy atom. The van der Waals surface area contributed by atoms with Crippen LogP contribution in [-0.2, 0) is 12.8 Å². The number of nitrogens with one attached hydrogen (secondary N) is 1. The first kappa shape index (κ1) is 11.7. The predicted octanol–water partition coefficient (Wildman–Crippen LogP) is 1.63. The van der Waals surface area contributed by atoms with E-state index in [4.69, 9.17) is 0 Å². The zero-order valence-electron chi connectivity index (χ0n) is 10.2. The number of rotatable bonds is 4. The number of hydrogen-bond acceptors (Lipinski definition) is 3. The third-order valence-corrected chi connectivity index (χ3v) is 2.75. The highest BCUT2D eigenvalue weighted by molar-refractivity contribution is 5.44. The first-order valence-electron chi connectivity index (χ1n) is 6.00. The van der Waals surface area contributed by atoms with Gasteiger partial charge in [0.15, 0.2) is 0 Å². The summed E-state index contributed by atoms with van der Waals surface area (Å²) in [6.07, 6.45) is 3.19. The lowest BCUT2D eigenvalue weighted by molar-refractivity contribution is 0.425. The van der Waals surface area contributed by atoms with E-state index in [0.29, 0.717) is 17.6 Å². The molecule has 0 atom stereocenters. The number of nitrogens with zero attached hydrogens (tertiary/aromatic N) is 2. The van der Waals surface area contributed by atoms with Crippen LogP contribution < -0.4 is 5.56 Å². The summed E-state index contributed by atoms with van der Waals surface area (Å²) in [5.41, 5.74) is 1.62. The van der Waals surface area contributed by atoms with Crippen LogP contribution in [0.3, 0.4) is 0 Å². The van der Waals surface area contributed by atoms with Crippen LogP contribution in [0, 0.1) is 0 Å². The topological polar surface area (TPSA) is 70.4 Å². The zero-order chi connectivity index (χ0) is 12.4.